The molecule has 0 aromatic heterocycles. The molecule has 0 heterocycles. The Morgan fingerprint density at radius 3 is 2.32 bits per heavy atom. The number of aryl methyl sites for hydroxylation is 2. The molecule has 1 atom stereocenters. The number of anilines is 2. The monoisotopic (exact) mass is 452 g/mol. The van der Waals surface area contributed by atoms with Crippen LogP contribution in [0.2, 0.25) is 5.02 Å². The fraction of sp³-hybridized carbons (Fsp3) is 0.200. The summed E-state index contributed by atoms with van der Waals surface area (Å²) in [6.45, 7) is 5.88. The van der Waals surface area contributed by atoms with Crippen molar-refractivity contribution >= 4 is 46.6 Å². The van der Waals surface area contributed by atoms with Gasteiger partial charge >= 0.3 is 0 Å². The van der Waals surface area contributed by atoms with Crippen molar-refractivity contribution in [3.8, 4) is 0 Å². The first-order valence-corrected chi connectivity index (χ1v) is 11.3. The third-order valence-corrected chi connectivity index (χ3v) is 6.55. The van der Waals surface area contributed by atoms with E-state index in [9.17, 15) is 9.59 Å². The van der Waals surface area contributed by atoms with Crippen LogP contribution in [-0.4, -0.2) is 17.1 Å². The molecule has 0 aliphatic carbocycles. The molecule has 0 radical (unpaired) electrons. The zero-order valence-corrected chi connectivity index (χ0v) is 19.3. The van der Waals surface area contributed by atoms with Gasteiger partial charge in [0, 0.05) is 26.9 Å². The summed E-state index contributed by atoms with van der Waals surface area (Å²) in [5.74, 6) is -0.246. The highest BCUT2D eigenvalue weighted by Gasteiger charge is 2.19. The van der Waals surface area contributed by atoms with Gasteiger partial charge in [0.2, 0.25) is 5.91 Å². The fourth-order valence-electron chi connectivity index (χ4n) is 2.94. The molecule has 0 saturated heterocycles. The molecule has 0 saturated carbocycles. The largest absolute Gasteiger partial charge is 0.325 e. The number of benzene rings is 3. The predicted octanol–water partition coefficient (Wildman–Crippen LogP) is 6.72. The highest BCUT2D eigenvalue weighted by Crippen LogP contribution is 2.29. The van der Waals surface area contributed by atoms with Gasteiger partial charge in [-0.2, -0.15) is 0 Å². The van der Waals surface area contributed by atoms with Gasteiger partial charge in [0.05, 0.1) is 5.25 Å². The standard InChI is InChI=1S/C25H25ClN2O2S/c1-4-23(25(30)28-20-13-10-17(3)22(26)15-20)31-21-7-5-6-19(14-21)27-24(29)18-11-8-16(2)9-12-18/h5-15,23H,4H2,1-3H3,(H,27,29)(H,28,30). The van der Waals surface area contributed by atoms with E-state index in [-0.39, 0.29) is 17.1 Å². The average molecular weight is 453 g/mol. The number of rotatable bonds is 7. The summed E-state index contributed by atoms with van der Waals surface area (Å²) in [5.41, 5.74) is 4.04. The van der Waals surface area contributed by atoms with Crippen LogP contribution in [0.1, 0.15) is 34.8 Å². The molecule has 0 aliphatic rings. The normalized spacial score (nSPS) is 11.6. The van der Waals surface area contributed by atoms with Crippen LogP contribution in [0.5, 0.6) is 0 Å². The van der Waals surface area contributed by atoms with Crippen LogP contribution < -0.4 is 10.6 Å². The Labute approximate surface area is 192 Å². The van der Waals surface area contributed by atoms with Crippen molar-refractivity contribution < 1.29 is 9.59 Å². The zero-order valence-electron chi connectivity index (χ0n) is 17.7. The fourth-order valence-corrected chi connectivity index (χ4v) is 4.13. The molecule has 6 heteroatoms. The third kappa shape index (κ3) is 6.36. The molecule has 0 bridgehead atoms. The van der Waals surface area contributed by atoms with E-state index in [1.165, 1.54) is 11.8 Å². The Balaban J connectivity index is 1.66. The number of hydrogen-bond donors (Lipinski definition) is 2. The Morgan fingerprint density at radius 1 is 0.935 bits per heavy atom. The van der Waals surface area contributed by atoms with Crippen molar-refractivity contribution in [1.82, 2.24) is 0 Å². The van der Waals surface area contributed by atoms with Gasteiger partial charge in [0.25, 0.3) is 5.91 Å². The minimum atomic E-state index is -0.275. The maximum atomic E-state index is 12.8. The van der Waals surface area contributed by atoms with E-state index >= 15 is 0 Å². The highest BCUT2D eigenvalue weighted by atomic mass is 35.5. The van der Waals surface area contributed by atoms with Crippen LogP contribution in [0, 0.1) is 13.8 Å². The molecule has 4 nitrogen and oxygen atoms in total. The molecular formula is C25H25ClN2O2S. The van der Waals surface area contributed by atoms with Crippen LogP contribution in [0.4, 0.5) is 11.4 Å². The summed E-state index contributed by atoms with van der Waals surface area (Å²) in [6, 6.07) is 20.4. The number of amides is 2. The number of thioether (sulfide) groups is 1. The van der Waals surface area contributed by atoms with Crippen LogP contribution in [0.25, 0.3) is 0 Å². The highest BCUT2D eigenvalue weighted by molar-refractivity contribution is 8.00. The first kappa shape index (κ1) is 22.9. The lowest BCUT2D eigenvalue weighted by atomic mass is 10.1. The summed E-state index contributed by atoms with van der Waals surface area (Å²) < 4.78 is 0. The van der Waals surface area contributed by atoms with Gasteiger partial charge in [-0.1, -0.05) is 48.4 Å². The number of carbonyl (C=O) groups is 2. The molecule has 0 fully saturated rings. The predicted molar refractivity (Wildman–Crippen MR) is 130 cm³/mol. The van der Waals surface area contributed by atoms with Crippen LogP contribution in [0.3, 0.4) is 0 Å². The van der Waals surface area contributed by atoms with Crippen molar-refractivity contribution in [3.05, 3.63) is 88.4 Å². The van der Waals surface area contributed by atoms with Gasteiger partial charge in [0.15, 0.2) is 0 Å². The van der Waals surface area contributed by atoms with Crippen LogP contribution >= 0.6 is 23.4 Å². The Kier molecular flexibility index (Phi) is 7.77. The third-order valence-electron chi connectivity index (χ3n) is 4.79. The molecule has 0 aliphatic heterocycles. The molecule has 3 rings (SSSR count). The van der Waals surface area contributed by atoms with Crippen LogP contribution in [0.15, 0.2) is 71.6 Å². The number of halogens is 1. The lowest BCUT2D eigenvalue weighted by Gasteiger charge is -2.16. The molecule has 0 spiro atoms. The summed E-state index contributed by atoms with van der Waals surface area (Å²) in [4.78, 5) is 26.2. The van der Waals surface area contributed by atoms with Gasteiger partial charge in [-0.3, -0.25) is 9.59 Å². The van der Waals surface area contributed by atoms with Crippen molar-refractivity contribution in [2.24, 2.45) is 0 Å². The SMILES string of the molecule is CCC(Sc1cccc(NC(=O)c2ccc(C)cc2)c1)C(=O)Nc1ccc(C)c(Cl)c1. The van der Waals surface area contributed by atoms with Gasteiger partial charge in [-0.05, 0) is 68.3 Å². The van der Waals surface area contributed by atoms with Crippen molar-refractivity contribution in [2.75, 3.05) is 10.6 Å². The molecule has 2 amide bonds. The number of hydrogen-bond acceptors (Lipinski definition) is 3. The lowest BCUT2D eigenvalue weighted by molar-refractivity contribution is -0.115. The molecular weight excluding hydrogens is 428 g/mol. The van der Waals surface area contributed by atoms with Gasteiger partial charge in [0.1, 0.15) is 0 Å². The molecule has 3 aromatic carbocycles. The summed E-state index contributed by atoms with van der Waals surface area (Å²) in [6.07, 6.45) is 0.663. The minimum absolute atomic E-state index is 0.0819. The summed E-state index contributed by atoms with van der Waals surface area (Å²) in [7, 11) is 0. The van der Waals surface area contributed by atoms with Crippen molar-refractivity contribution in [1.29, 1.82) is 0 Å². The zero-order chi connectivity index (χ0) is 22.4. The first-order valence-electron chi connectivity index (χ1n) is 10.1. The summed E-state index contributed by atoms with van der Waals surface area (Å²) in [5, 5.41) is 6.21. The number of carbonyl (C=O) groups excluding carboxylic acids is 2. The lowest BCUT2D eigenvalue weighted by Crippen LogP contribution is -2.24. The van der Waals surface area contributed by atoms with E-state index < -0.39 is 0 Å². The topological polar surface area (TPSA) is 58.2 Å². The van der Waals surface area contributed by atoms with Crippen LogP contribution in [-0.2, 0) is 4.79 Å². The second-order valence-corrected chi connectivity index (χ2v) is 9.00. The average Bonchev–Trinajstić information content (AvgIpc) is 2.75. The second-order valence-electron chi connectivity index (χ2n) is 7.32. The maximum absolute atomic E-state index is 12.8. The van der Waals surface area contributed by atoms with E-state index in [1.807, 2.05) is 69.3 Å². The Bertz CT molecular complexity index is 1080. The maximum Gasteiger partial charge on any atom is 0.255 e. The van der Waals surface area contributed by atoms with E-state index in [2.05, 4.69) is 10.6 Å². The minimum Gasteiger partial charge on any atom is -0.325 e. The number of nitrogens with one attached hydrogen (secondary N) is 2. The Morgan fingerprint density at radius 2 is 1.65 bits per heavy atom. The van der Waals surface area contributed by atoms with Crippen molar-refractivity contribution in [2.45, 2.75) is 37.3 Å². The van der Waals surface area contributed by atoms with Gasteiger partial charge in [-0.15, -0.1) is 11.8 Å². The van der Waals surface area contributed by atoms with Gasteiger partial charge < -0.3 is 10.6 Å². The molecule has 1 unspecified atom stereocenters. The molecule has 160 valence electrons. The Hall–Kier alpha value is -2.76. The first-order chi connectivity index (χ1) is 14.9. The molecule has 2 N–H and O–H groups in total. The quantitative estimate of drug-likeness (QED) is 0.391. The van der Waals surface area contributed by atoms with E-state index in [1.54, 1.807) is 18.2 Å². The summed E-state index contributed by atoms with van der Waals surface area (Å²) >= 11 is 7.63. The van der Waals surface area contributed by atoms with Crippen molar-refractivity contribution in [3.63, 3.8) is 0 Å². The van der Waals surface area contributed by atoms with E-state index in [0.29, 0.717) is 28.4 Å². The van der Waals surface area contributed by atoms with Gasteiger partial charge in [-0.25, -0.2) is 0 Å². The molecule has 31 heavy (non-hydrogen) atoms. The smallest absolute Gasteiger partial charge is 0.255 e. The van der Waals surface area contributed by atoms with E-state index in [4.69, 9.17) is 11.6 Å². The molecule has 3 aromatic rings. The van der Waals surface area contributed by atoms with E-state index in [0.717, 1.165) is 16.0 Å². The second kappa shape index (κ2) is 10.5.